The first kappa shape index (κ1) is 38.8. The highest BCUT2D eigenvalue weighted by Gasteiger charge is 2.43. The molecule has 0 aromatic rings. The molecule has 1 saturated heterocycles. The molecular formula is C32H60N4O7. The van der Waals surface area contributed by atoms with Gasteiger partial charge in [-0.05, 0) is 51.6 Å². The van der Waals surface area contributed by atoms with Crippen LogP contribution in [0, 0.1) is 23.7 Å². The predicted molar refractivity (Wildman–Crippen MR) is 167 cm³/mol. The van der Waals surface area contributed by atoms with Crippen LogP contribution in [-0.2, 0) is 33.4 Å². The summed E-state index contributed by atoms with van der Waals surface area (Å²) in [5.41, 5.74) is 0. The van der Waals surface area contributed by atoms with E-state index in [1.54, 1.807) is 38.0 Å². The summed E-state index contributed by atoms with van der Waals surface area (Å²) < 4.78 is 16.6. The summed E-state index contributed by atoms with van der Waals surface area (Å²) in [5.74, 6) is -1.49. The molecule has 1 rings (SSSR count). The minimum Gasteiger partial charge on any atom is -0.469 e. The molecule has 1 aliphatic rings. The molecule has 0 aliphatic carbocycles. The van der Waals surface area contributed by atoms with Crippen LogP contribution in [0.3, 0.4) is 0 Å². The summed E-state index contributed by atoms with van der Waals surface area (Å²) in [6.45, 7) is 14.2. The molecule has 250 valence electrons. The Morgan fingerprint density at radius 3 is 1.98 bits per heavy atom. The first-order valence-corrected chi connectivity index (χ1v) is 15.8. The molecule has 11 nitrogen and oxygen atoms in total. The molecule has 8 atom stereocenters. The summed E-state index contributed by atoms with van der Waals surface area (Å²) in [7, 11) is 9.92. The number of hydrogen-bond donors (Lipinski definition) is 1. The number of ether oxygens (including phenoxy) is 3. The van der Waals surface area contributed by atoms with E-state index in [0.717, 1.165) is 19.3 Å². The van der Waals surface area contributed by atoms with Crippen LogP contribution >= 0.6 is 0 Å². The topological polar surface area (TPSA) is 118 Å². The fourth-order valence-electron chi connectivity index (χ4n) is 6.58. The molecule has 43 heavy (non-hydrogen) atoms. The molecule has 1 N–H and O–H groups in total. The number of hydrogen-bond acceptors (Lipinski definition) is 8. The number of rotatable bonds is 17. The normalized spacial score (nSPS) is 20.4. The lowest BCUT2D eigenvalue weighted by Crippen LogP contribution is -2.59. The number of likely N-dealkylation sites (tertiary alicyclic amines) is 1. The maximum Gasteiger partial charge on any atom is 0.311 e. The average molecular weight is 613 g/mol. The monoisotopic (exact) mass is 612 g/mol. The molecular weight excluding hydrogens is 552 g/mol. The van der Waals surface area contributed by atoms with E-state index < -0.39 is 30.2 Å². The van der Waals surface area contributed by atoms with Gasteiger partial charge in [0.25, 0.3) is 0 Å². The van der Waals surface area contributed by atoms with Crippen LogP contribution in [0.1, 0.15) is 74.1 Å². The molecule has 0 aromatic heterocycles. The van der Waals surface area contributed by atoms with Gasteiger partial charge in [-0.15, -0.1) is 0 Å². The maximum atomic E-state index is 14.0. The van der Waals surface area contributed by atoms with Gasteiger partial charge in [0, 0.05) is 27.8 Å². The van der Waals surface area contributed by atoms with Crippen molar-refractivity contribution < 1.29 is 33.4 Å². The van der Waals surface area contributed by atoms with E-state index in [9.17, 15) is 19.2 Å². The molecule has 0 radical (unpaired) electrons. The van der Waals surface area contributed by atoms with Crippen LogP contribution in [0.5, 0.6) is 0 Å². The van der Waals surface area contributed by atoms with Gasteiger partial charge in [0.05, 0.1) is 49.8 Å². The van der Waals surface area contributed by atoms with Crippen LogP contribution in [0.15, 0.2) is 0 Å². The molecule has 0 bridgehead atoms. The lowest BCUT2D eigenvalue weighted by molar-refractivity contribution is -0.154. The molecule has 0 spiro atoms. The number of esters is 1. The lowest BCUT2D eigenvalue weighted by Gasteiger charge is -2.41. The summed E-state index contributed by atoms with van der Waals surface area (Å²) in [4.78, 5) is 58.8. The maximum absolute atomic E-state index is 14.0. The van der Waals surface area contributed by atoms with Gasteiger partial charge < -0.3 is 29.3 Å². The minimum atomic E-state index is -0.733. The highest BCUT2D eigenvalue weighted by atomic mass is 16.5. The second-order valence-electron chi connectivity index (χ2n) is 13.0. The smallest absolute Gasteiger partial charge is 0.311 e. The number of carbonyl (C=O) groups excluding carboxylic acids is 4. The number of carbonyl (C=O) groups is 4. The Morgan fingerprint density at radius 1 is 0.930 bits per heavy atom. The van der Waals surface area contributed by atoms with Crippen molar-refractivity contribution in [3.05, 3.63) is 0 Å². The third kappa shape index (κ3) is 9.88. The molecule has 1 aliphatic heterocycles. The Kier molecular flexibility index (Phi) is 16.1. The molecule has 0 aromatic carbocycles. The second-order valence-corrected chi connectivity index (χ2v) is 13.0. The molecule has 0 unspecified atom stereocenters. The SMILES string of the molecule is CC[C@H](C)[C@@H]([C@@H](CC(=O)N1CCC[C@H]1[C@H](OC)[C@@H](C)C(=O)OC)OC)N(C)C(=O)[C@H](NC(=O)[C@H](C(C)C)N(C)C)C(C)C. The Morgan fingerprint density at radius 2 is 1.53 bits per heavy atom. The Labute approximate surface area is 260 Å². The van der Waals surface area contributed by atoms with Gasteiger partial charge in [-0.2, -0.15) is 0 Å². The summed E-state index contributed by atoms with van der Waals surface area (Å²) in [6.07, 6.45) is 1.27. The van der Waals surface area contributed by atoms with Crippen LogP contribution < -0.4 is 5.32 Å². The van der Waals surface area contributed by atoms with E-state index in [0.29, 0.717) is 6.54 Å². The Bertz CT molecular complexity index is 904. The first-order valence-electron chi connectivity index (χ1n) is 15.8. The molecule has 11 heteroatoms. The van der Waals surface area contributed by atoms with Crippen LogP contribution in [-0.4, -0.2) is 124 Å². The van der Waals surface area contributed by atoms with Crippen molar-refractivity contribution in [1.82, 2.24) is 20.0 Å². The van der Waals surface area contributed by atoms with E-state index in [-0.39, 0.29) is 59.9 Å². The third-order valence-corrected chi connectivity index (χ3v) is 9.10. The predicted octanol–water partition coefficient (Wildman–Crippen LogP) is 2.81. The van der Waals surface area contributed by atoms with Gasteiger partial charge in [0.1, 0.15) is 6.04 Å². The van der Waals surface area contributed by atoms with E-state index in [2.05, 4.69) is 5.32 Å². The Balaban J connectivity index is 3.26. The van der Waals surface area contributed by atoms with Gasteiger partial charge >= 0.3 is 5.97 Å². The highest BCUT2D eigenvalue weighted by Crippen LogP contribution is 2.29. The van der Waals surface area contributed by atoms with Gasteiger partial charge in [-0.3, -0.25) is 24.1 Å². The Hall–Kier alpha value is -2.24. The van der Waals surface area contributed by atoms with Crippen molar-refractivity contribution in [2.75, 3.05) is 49.0 Å². The standard InChI is InChI=1S/C32H60N4O7/c1-14-21(6)28(35(10)31(39)26(19(2)3)33-30(38)27(20(4)5)34(8)9)24(41-11)18-25(37)36-17-15-16-23(36)29(42-12)22(7)32(40)43-13/h19-24,26-29H,14-18H2,1-13H3,(H,33,38)/t21-,22+,23-,24+,26+,27-,28-,29+/m0/s1. The lowest BCUT2D eigenvalue weighted by atomic mass is 9.89. The van der Waals surface area contributed by atoms with Crippen LogP contribution in [0.2, 0.25) is 0 Å². The van der Waals surface area contributed by atoms with Gasteiger partial charge in [0.15, 0.2) is 0 Å². The fourth-order valence-corrected chi connectivity index (χ4v) is 6.58. The van der Waals surface area contributed by atoms with Crippen molar-refractivity contribution >= 4 is 23.7 Å². The summed E-state index contributed by atoms with van der Waals surface area (Å²) >= 11 is 0. The van der Waals surface area contributed by atoms with Gasteiger partial charge in [-0.1, -0.05) is 48.0 Å². The second kappa shape index (κ2) is 17.9. The number of methoxy groups -OCH3 is 3. The van der Waals surface area contributed by atoms with Crippen molar-refractivity contribution in [2.24, 2.45) is 23.7 Å². The third-order valence-electron chi connectivity index (χ3n) is 9.10. The van der Waals surface area contributed by atoms with Crippen LogP contribution in [0.4, 0.5) is 0 Å². The minimum absolute atomic E-state index is 0.0147. The highest BCUT2D eigenvalue weighted by molar-refractivity contribution is 5.90. The molecule has 1 fully saturated rings. The average Bonchev–Trinajstić information content (AvgIpc) is 3.43. The van der Waals surface area contributed by atoms with Gasteiger partial charge in [0.2, 0.25) is 17.7 Å². The summed E-state index contributed by atoms with van der Waals surface area (Å²) in [5, 5.41) is 3.02. The number of likely N-dealkylation sites (N-methyl/N-ethyl adjacent to an activating group) is 2. The summed E-state index contributed by atoms with van der Waals surface area (Å²) in [6, 6.07) is -1.78. The van der Waals surface area contributed by atoms with Crippen molar-refractivity contribution in [1.29, 1.82) is 0 Å². The largest absolute Gasteiger partial charge is 0.469 e. The van der Waals surface area contributed by atoms with Crippen molar-refractivity contribution in [3.63, 3.8) is 0 Å². The fraction of sp³-hybridized carbons (Fsp3) is 0.875. The van der Waals surface area contributed by atoms with E-state index in [1.807, 2.05) is 60.5 Å². The zero-order valence-electron chi connectivity index (χ0n) is 29.0. The zero-order chi connectivity index (χ0) is 33.2. The van der Waals surface area contributed by atoms with Crippen molar-refractivity contribution in [2.45, 2.75) is 111 Å². The number of nitrogens with zero attached hydrogens (tertiary/aromatic N) is 3. The zero-order valence-corrected chi connectivity index (χ0v) is 29.0. The quantitative estimate of drug-likeness (QED) is 0.249. The van der Waals surface area contributed by atoms with E-state index in [1.165, 1.54) is 7.11 Å². The van der Waals surface area contributed by atoms with Crippen LogP contribution in [0.25, 0.3) is 0 Å². The van der Waals surface area contributed by atoms with Crippen molar-refractivity contribution in [3.8, 4) is 0 Å². The molecule has 0 saturated carbocycles. The molecule has 1 heterocycles. The number of nitrogens with one attached hydrogen (secondary N) is 1. The van der Waals surface area contributed by atoms with E-state index in [4.69, 9.17) is 14.2 Å². The first-order chi connectivity index (χ1) is 20.1. The van der Waals surface area contributed by atoms with Gasteiger partial charge in [-0.25, -0.2) is 0 Å². The molecule has 3 amide bonds. The van der Waals surface area contributed by atoms with E-state index >= 15 is 0 Å². The number of amides is 3.